The lowest BCUT2D eigenvalue weighted by molar-refractivity contribution is -0.123. The van der Waals surface area contributed by atoms with Gasteiger partial charge in [0.05, 0.1) is 5.02 Å². The summed E-state index contributed by atoms with van der Waals surface area (Å²) in [4.78, 5) is 31.0. The zero-order valence-corrected chi connectivity index (χ0v) is 20.7. The number of rotatable bonds is 7. The van der Waals surface area contributed by atoms with Crippen molar-refractivity contribution in [3.63, 3.8) is 0 Å². The number of carbonyl (C=O) groups is 2. The molecule has 2 amide bonds. The average Bonchev–Trinajstić information content (AvgIpc) is 3.13. The van der Waals surface area contributed by atoms with E-state index in [0.717, 1.165) is 49.0 Å². The molecule has 2 N–H and O–H groups in total. The number of fused-ring (bicyclic) bond motifs is 1. The van der Waals surface area contributed by atoms with E-state index in [-0.39, 0.29) is 28.8 Å². The second-order valence-electron chi connectivity index (χ2n) is 9.68. The van der Waals surface area contributed by atoms with Crippen LogP contribution in [0.4, 0.5) is 15.8 Å². The van der Waals surface area contributed by atoms with Crippen molar-refractivity contribution in [2.24, 2.45) is 11.7 Å². The summed E-state index contributed by atoms with van der Waals surface area (Å²) in [5, 5.41) is 0.0818. The summed E-state index contributed by atoms with van der Waals surface area (Å²) in [6.07, 6.45) is 3.03. The first-order chi connectivity index (χ1) is 16.2. The van der Waals surface area contributed by atoms with Gasteiger partial charge in [0.25, 0.3) is 5.91 Å². The molecule has 8 heteroatoms. The zero-order valence-electron chi connectivity index (χ0n) is 20.0. The number of likely N-dealkylation sites (N-methyl/N-ethyl adjacent to an activating group) is 1. The molecule has 0 aromatic heterocycles. The van der Waals surface area contributed by atoms with Gasteiger partial charge in [-0.2, -0.15) is 0 Å². The topological polar surface area (TPSA) is 69.9 Å². The number of amides is 2. The maximum absolute atomic E-state index is 14.3. The fourth-order valence-corrected chi connectivity index (χ4v) is 5.20. The predicted octanol–water partition coefficient (Wildman–Crippen LogP) is 4.49. The Morgan fingerprint density at radius 3 is 2.44 bits per heavy atom. The number of nitrogens with two attached hydrogens (primary N) is 1. The van der Waals surface area contributed by atoms with Gasteiger partial charge in [-0.25, -0.2) is 4.39 Å². The normalized spacial score (nSPS) is 20.1. The van der Waals surface area contributed by atoms with Crippen molar-refractivity contribution >= 4 is 34.8 Å². The minimum atomic E-state index is -0.472. The van der Waals surface area contributed by atoms with Crippen LogP contribution >= 0.6 is 11.6 Å². The van der Waals surface area contributed by atoms with Crippen LogP contribution in [0.1, 0.15) is 47.2 Å². The molecule has 0 spiro atoms. The first kappa shape index (κ1) is 24.5. The molecule has 1 aliphatic heterocycles. The van der Waals surface area contributed by atoms with E-state index < -0.39 is 5.82 Å². The summed E-state index contributed by atoms with van der Waals surface area (Å²) < 4.78 is 14.3. The molecular weight excluding hydrogens is 455 g/mol. The van der Waals surface area contributed by atoms with Gasteiger partial charge in [-0.1, -0.05) is 11.6 Å². The highest BCUT2D eigenvalue weighted by atomic mass is 35.5. The standard InChI is InChI=1S/C26H32ClFN4O2/c1-16-12-20(31(11-10-30(2)3)19-8-9-23(27)24(28)14-19)13-21-22(16)15-32(26(21)34)18-6-4-17(5-7-18)25(29)33/h8-9,12-14,17-18H,4-7,10-11,15H2,1-3H3,(H2,29,33). The van der Waals surface area contributed by atoms with Crippen LogP contribution in [-0.2, 0) is 11.3 Å². The highest BCUT2D eigenvalue weighted by Gasteiger charge is 2.37. The van der Waals surface area contributed by atoms with Gasteiger partial charge in [0.2, 0.25) is 5.91 Å². The highest BCUT2D eigenvalue weighted by molar-refractivity contribution is 6.30. The van der Waals surface area contributed by atoms with Gasteiger partial charge in [0, 0.05) is 48.5 Å². The molecule has 1 fully saturated rings. The van der Waals surface area contributed by atoms with Crippen molar-refractivity contribution < 1.29 is 14.0 Å². The molecule has 1 heterocycles. The molecule has 2 aromatic carbocycles. The van der Waals surface area contributed by atoms with E-state index >= 15 is 0 Å². The van der Waals surface area contributed by atoms with E-state index in [9.17, 15) is 14.0 Å². The Morgan fingerprint density at radius 1 is 1.12 bits per heavy atom. The summed E-state index contributed by atoms with van der Waals surface area (Å²) in [5.74, 6) is -0.779. The van der Waals surface area contributed by atoms with Crippen LogP contribution in [0, 0.1) is 18.7 Å². The number of halogens is 2. The molecular formula is C26H32ClFN4O2. The summed E-state index contributed by atoms with van der Waals surface area (Å²) in [5.41, 5.74) is 9.81. The Kier molecular flexibility index (Phi) is 7.14. The number of primary amides is 1. The molecule has 182 valence electrons. The summed E-state index contributed by atoms with van der Waals surface area (Å²) in [6.45, 7) is 3.99. The number of benzene rings is 2. The predicted molar refractivity (Wildman–Crippen MR) is 133 cm³/mol. The van der Waals surface area contributed by atoms with Crippen molar-refractivity contribution in [3.05, 3.63) is 57.9 Å². The van der Waals surface area contributed by atoms with Crippen molar-refractivity contribution in [3.8, 4) is 0 Å². The fraction of sp³-hybridized carbons (Fsp3) is 0.462. The molecule has 4 rings (SSSR count). The summed E-state index contributed by atoms with van der Waals surface area (Å²) in [6, 6.07) is 8.92. The SMILES string of the molecule is Cc1cc(N(CCN(C)C)c2ccc(Cl)c(F)c2)cc2c1CN(C1CCC(C(N)=O)CC1)C2=O. The van der Waals surface area contributed by atoms with E-state index in [4.69, 9.17) is 17.3 Å². The number of hydrogen-bond donors (Lipinski definition) is 1. The van der Waals surface area contributed by atoms with Gasteiger partial charge in [-0.3, -0.25) is 9.59 Å². The fourth-order valence-electron chi connectivity index (χ4n) is 5.08. The largest absolute Gasteiger partial charge is 0.369 e. The molecule has 0 unspecified atom stereocenters. The van der Waals surface area contributed by atoms with E-state index in [0.29, 0.717) is 24.3 Å². The lowest BCUT2D eigenvalue weighted by Gasteiger charge is -2.33. The third-order valence-electron chi connectivity index (χ3n) is 7.11. The Bertz CT molecular complexity index is 1100. The third-order valence-corrected chi connectivity index (χ3v) is 7.42. The maximum Gasteiger partial charge on any atom is 0.254 e. The van der Waals surface area contributed by atoms with Gasteiger partial charge in [0.1, 0.15) is 5.82 Å². The number of anilines is 2. The number of nitrogens with zero attached hydrogens (tertiary/aromatic N) is 3. The number of hydrogen-bond acceptors (Lipinski definition) is 4. The molecule has 1 saturated carbocycles. The quantitative estimate of drug-likeness (QED) is 0.626. The van der Waals surface area contributed by atoms with Crippen LogP contribution in [0.2, 0.25) is 5.02 Å². The highest BCUT2D eigenvalue weighted by Crippen LogP contribution is 2.38. The summed E-state index contributed by atoms with van der Waals surface area (Å²) >= 11 is 5.92. The Hall–Kier alpha value is -2.64. The van der Waals surface area contributed by atoms with E-state index in [1.807, 2.05) is 36.9 Å². The van der Waals surface area contributed by atoms with E-state index in [1.54, 1.807) is 12.1 Å². The van der Waals surface area contributed by atoms with Crippen molar-refractivity contribution in [2.75, 3.05) is 32.1 Å². The Labute approximate surface area is 205 Å². The van der Waals surface area contributed by atoms with Gasteiger partial charge in [-0.05, 0) is 88.2 Å². The van der Waals surface area contributed by atoms with Crippen molar-refractivity contribution in [1.29, 1.82) is 0 Å². The molecule has 2 aliphatic rings. The van der Waals surface area contributed by atoms with Crippen LogP contribution in [0.15, 0.2) is 30.3 Å². The number of aryl methyl sites for hydroxylation is 1. The molecule has 6 nitrogen and oxygen atoms in total. The van der Waals surface area contributed by atoms with Crippen LogP contribution in [0.5, 0.6) is 0 Å². The van der Waals surface area contributed by atoms with Crippen LogP contribution in [0.3, 0.4) is 0 Å². The molecule has 0 saturated heterocycles. The van der Waals surface area contributed by atoms with E-state index in [2.05, 4.69) is 11.0 Å². The third kappa shape index (κ3) is 4.91. The van der Waals surface area contributed by atoms with E-state index in [1.165, 1.54) is 6.07 Å². The second-order valence-corrected chi connectivity index (χ2v) is 10.1. The maximum atomic E-state index is 14.3. The molecule has 0 atom stereocenters. The molecule has 2 aromatic rings. The molecule has 0 radical (unpaired) electrons. The first-order valence-electron chi connectivity index (χ1n) is 11.8. The van der Waals surface area contributed by atoms with Crippen molar-refractivity contribution in [1.82, 2.24) is 9.80 Å². The Morgan fingerprint density at radius 2 is 1.82 bits per heavy atom. The van der Waals surface area contributed by atoms with Crippen molar-refractivity contribution in [2.45, 2.75) is 45.2 Å². The van der Waals surface area contributed by atoms with Gasteiger partial charge in [0.15, 0.2) is 0 Å². The number of carbonyl (C=O) groups excluding carboxylic acids is 2. The van der Waals surface area contributed by atoms with Gasteiger partial charge >= 0.3 is 0 Å². The first-order valence-corrected chi connectivity index (χ1v) is 12.1. The van der Waals surface area contributed by atoms with Gasteiger partial charge < -0.3 is 20.4 Å². The minimum absolute atomic E-state index is 0.0253. The zero-order chi connectivity index (χ0) is 24.6. The minimum Gasteiger partial charge on any atom is -0.369 e. The second kappa shape index (κ2) is 9.92. The monoisotopic (exact) mass is 486 g/mol. The van der Waals surface area contributed by atoms with Crippen LogP contribution in [-0.4, -0.2) is 54.8 Å². The molecule has 34 heavy (non-hydrogen) atoms. The van der Waals surface area contributed by atoms with Crippen LogP contribution in [0.25, 0.3) is 0 Å². The lowest BCUT2D eigenvalue weighted by atomic mass is 9.85. The van der Waals surface area contributed by atoms with Gasteiger partial charge in [-0.15, -0.1) is 0 Å². The molecule has 0 bridgehead atoms. The smallest absolute Gasteiger partial charge is 0.254 e. The summed E-state index contributed by atoms with van der Waals surface area (Å²) in [7, 11) is 3.98. The Balaban J connectivity index is 1.62. The van der Waals surface area contributed by atoms with Crippen LogP contribution < -0.4 is 10.6 Å². The average molecular weight is 487 g/mol. The lowest BCUT2D eigenvalue weighted by Crippen LogP contribution is -2.40. The molecule has 1 aliphatic carbocycles.